The Morgan fingerprint density at radius 3 is 2.33 bits per heavy atom. The van der Waals surface area contributed by atoms with Gasteiger partial charge < -0.3 is 5.73 Å². The lowest BCUT2D eigenvalue weighted by atomic mass is 10.1. The summed E-state index contributed by atoms with van der Waals surface area (Å²) < 4.78 is 64.0. The van der Waals surface area contributed by atoms with Gasteiger partial charge in [0.1, 0.15) is 17.2 Å². The van der Waals surface area contributed by atoms with Gasteiger partial charge in [-0.05, 0) is 17.5 Å². The summed E-state index contributed by atoms with van der Waals surface area (Å²) in [5, 5.41) is 0.958. The van der Waals surface area contributed by atoms with Crippen molar-refractivity contribution >= 4 is 24.7 Å². The number of nitrogens with two attached hydrogens (primary N) is 1. The van der Waals surface area contributed by atoms with E-state index in [-0.39, 0.29) is 5.70 Å². The molecule has 0 spiro atoms. The fourth-order valence-corrected chi connectivity index (χ4v) is 1.47. The molecule has 8 heteroatoms. The fourth-order valence-electron chi connectivity index (χ4n) is 1.26. The summed E-state index contributed by atoms with van der Waals surface area (Å²) in [6, 6.07) is 1.33. The molecule has 0 aliphatic carbocycles. The second kappa shape index (κ2) is 5.38. The SMILES string of the molecule is NC=N/C(=C\S)c1ccc(F)c(C(F)(F)F)c1F. The third-order valence-electron chi connectivity index (χ3n) is 1.99. The van der Waals surface area contributed by atoms with E-state index in [2.05, 4.69) is 17.6 Å². The van der Waals surface area contributed by atoms with Crippen LogP contribution in [-0.2, 0) is 6.18 Å². The van der Waals surface area contributed by atoms with E-state index in [0.29, 0.717) is 6.07 Å². The highest BCUT2D eigenvalue weighted by Crippen LogP contribution is 2.36. The van der Waals surface area contributed by atoms with Crippen molar-refractivity contribution in [3.05, 3.63) is 40.3 Å². The Bertz CT molecular complexity index is 508. The molecule has 0 bridgehead atoms. The summed E-state index contributed by atoms with van der Waals surface area (Å²) in [5.41, 5.74) is 2.20. The first kappa shape index (κ1) is 14.5. The van der Waals surface area contributed by atoms with E-state index in [1.807, 2.05) is 0 Å². The quantitative estimate of drug-likeness (QED) is 0.372. The van der Waals surface area contributed by atoms with Crippen LogP contribution in [0.15, 0.2) is 22.5 Å². The standard InChI is InChI=1S/C10H7F5N2S/c11-6-2-1-5(7(3-18)17-4-16)9(12)8(6)10(13,14)15/h1-4,18H,(H2,16,17)/b7-3-. The Balaban J connectivity index is 3.52. The van der Waals surface area contributed by atoms with E-state index in [1.54, 1.807) is 0 Å². The van der Waals surface area contributed by atoms with Crippen molar-refractivity contribution in [3.8, 4) is 0 Å². The molecule has 0 aromatic heterocycles. The average Bonchev–Trinajstić information content (AvgIpc) is 2.25. The van der Waals surface area contributed by atoms with Crippen molar-refractivity contribution < 1.29 is 22.0 Å². The van der Waals surface area contributed by atoms with Gasteiger partial charge in [0.05, 0.1) is 12.0 Å². The van der Waals surface area contributed by atoms with Crippen LogP contribution in [-0.4, -0.2) is 6.34 Å². The summed E-state index contributed by atoms with van der Waals surface area (Å²) in [6.07, 6.45) is -4.38. The minimum atomic E-state index is -5.14. The molecule has 0 saturated carbocycles. The number of nitrogens with zero attached hydrogens (tertiary/aromatic N) is 1. The second-order valence-corrected chi connectivity index (χ2v) is 3.33. The highest BCUT2D eigenvalue weighted by molar-refractivity contribution is 7.83. The fraction of sp³-hybridized carbons (Fsp3) is 0.100. The highest BCUT2D eigenvalue weighted by Gasteiger charge is 2.38. The number of rotatable bonds is 2. The van der Waals surface area contributed by atoms with Gasteiger partial charge in [0.15, 0.2) is 0 Å². The molecule has 1 aromatic rings. The maximum Gasteiger partial charge on any atom is 0.422 e. The van der Waals surface area contributed by atoms with Gasteiger partial charge in [-0.2, -0.15) is 13.2 Å². The van der Waals surface area contributed by atoms with Crippen molar-refractivity contribution in [1.82, 2.24) is 0 Å². The van der Waals surface area contributed by atoms with Gasteiger partial charge >= 0.3 is 6.18 Å². The summed E-state index contributed by atoms with van der Waals surface area (Å²) in [4.78, 5) is 3.43. The van der Waals surface area contributed by atoms with Crippen LogP contribution in [0, 0.1) is 11.6 Å². The van der Waals surface area contributed by atoms with Crippen molar-refractivity contribution in [2.24, 2.45) is 10.7 Å². The minimum absolute atomic E-state index is 0.246. The average molecular weight is 282 g/mol. The van der Waals surface area contributed by atoms with Crippen LogP contribution in [0.3, 0.4) is 0 Å². The molecule has 0 saturated heterocycles. The lowest BCUT2D eigenvalue weighted by Gasteiger charge is -2.12. The van der Waals surface area contributed by atoms with Gasteiger partial charge in [-0.3, -0.25) is 0 Å². The molecule has 18 heavy (non-hydrogen) atoms. The smallest absolute Gasteiger partial charge is 0.390 e. The summed E-state index contributed by atoms with van der Waals surface area (Å²) >= 11 is 3.67. The van der Waals surface area contributed by atoms with E-state index in [9.17, 15) is 22.0 Å². The van der Waals surface area contributed by atoms with Crippen LogP contribution in [0.2, 0.25) is 0 Å². The molecule has 0 amide bonds. The van der Waals surface area contributed by atoms with Crippen LogP contribution in [0.1, 0.15) is 11.1 Å². The van der Waals surface area contributed by atoms with Gasteiger partial charge in [-0.15, -0.1) is 12.6 Å². The monoisotopic (exact) mass is 282 g/mol. The molecule has 2 N–H and O–H groups in total. The van der Waals surface area contributed by atoms with Gasteiger partial charge in [-0.25, -0.2) is 13.8 Å². The Hall–Kier alpha value is -1.57. The topological polar surface area (TPSA) is 38.4 Å². The van der Waals surface area contributed by atoms with Crippen LogP contribution in [0.25, 0.3) is 5.70 Å². The Morgan fingerprint density at radius 1 is 1.28 bits per heavy atom. The Morgan fingerprint density at radius 2 is 1.89 bits per heavy atom. The van der Waals surface area contributed by atoms with Gasteiger partial charge in [0.2, 0.25) is 0 Å². The van der Waals surface area contributed by atoms with E-state index in [0.717, 1.165) is 17.8 Å². The Kier molecular flexibility index (Phi) is 4.33. The third-order valence-corrected chi connectivity index (χ3v) is 2.23. The molecule has 2 nitrogen and oxygen atoms in total. The van der Waals surface area contributed by atoms with Gasteiger partial charge in [0.25, 0.3) is 0 Å². The zero-order valence-electron chi connectivity index (χ0n) is 8.67. The van der Waals surface area contributed by atoms with Crippen molar-refractivity contribution in [1.29, 1.82) is 0 Å². The predicted molar refractivity (Wildman–Crippen MR) is 61.0 cm³/mol. The van der Waals surface area contributed by atoms with Crippen molar-refractivity contribution in [2.75, 3.05) is 0 Å². The molecular weight excluding hydrogens is 275 g/mol. The molecule has 0 atom stereocenters. The zero-order chi connectivity index (χ0) is 13.9. The zero-order valence-corrected chi connectivity index (χ0v) is 9.57. The van der Waals surface area contributed by atoms with Crippen molar-refractivity contribution in [3.63, 3.8) is 0 Å². The molecule has 1 rings (SSSR count). The Labute approximate surface area is 104 Å². The lowest BCUT2D eigenvalue weighted by Crippen LogP contribution is -2.13. The first-order chi connectivity index (χ1) is 8.32. The predicted octanol–water partition coefficient (Wildman–Crippen LogP) is 3.20. The molecule has 0 heterocycles. The van der Waals surface area contributed by atoms with Crippen LogP contribution in [0.4, 0.5) is 22.0 Å². The molecule has 0 aliphatic heterocycles. The van der Waals surface area contributed by atoms with E-state index < -0.39 is 28.9 Å². The van der Waals surface area contributed by atoms with E-state index >= 15 is 0 Å². The van der Waals surface area contributed by atoms with Gasteiger partial charge in [0, 0.05) is 5.56 Å². The van der Waals surface area contributed by atoms with Crippen LogP contribution >= 0.6 is 12.6 Å². The number of hydrogen-bond donors (Lipinski definition) is 2. The third kappa shape index (κ3) is 2.81. The molecular formula is C10H7F5N2S. The highest BCUT2D eigenvalue weighted by atomic mass is 32.1. The molecule has 1 aromatic carbocycles. The number of halogens is 5. The minimum Gasteiger partial charge on any atom is -0.390 e. The lowest BCUT2D eigenvalue weighted by molar-refractivity contribution is -0.142. The first-order valence-corrected chi connectivity index (χ1v) is 4.98. The largest absolute Gasteiger partial charge is 0.422 e. The number of benzene rings is 1. The number of alkyl halides is 3. The van der Waals surface area contributed by atoms with E-state index in [4.69, 9.17) is 5.73 Å². The molecule has 0 aliphatic rings. The summed E-state index contributed by atoms with van der Waals surface area (Å²) in [7, 11) is 0. The van der Waals surface area contributed by atoms with Crippen LogP contribution < -0.4 is 5.73 Å². The summed E-state index contributed by atoms with van der Waals surface area (Å²) in [6.45, 7) is 0. The normalized spacial score (nSPS) is 13.3. The second-order valence-electron chi connectivity index (χ2n) is 3.07. The molecule has 0 unspecified atom stereocenters. The summed E-state index contributed by atoms with van der Waals surface area (Å²) in [5.74, 6) is -3.45. The van der Waals surface area contributed by atoms with Gasteiger partial charge in [-0.1, -0.05) is 0 Å². The number of thiol groups is 1. The number of aliphatic imine (C=N–C) groups is 1. The van der Waals surface area contributed by atoms with Crippen LogP contribution in [0.5, 0.6) is 0 Å². The molecule has 98 valence electrons. The van der Waals surface area contributed by atoms with Crippen molar-refractivity contribution in [2.45, 2.75) is 6.18 Å². The maximum absolute atomic E-state index is 13.6. The maximum atomic E-state index is 13.6. The molecule has 0 radical (unpaired) electrons. The van der Waals surface area contributed by atoms with E-state index in [1.165, 1.54) is 0 Å². The number of hydrogen-bond acceptors (Lipinski definition) is 2. The molecule has 0 fully saturated rings. The first-order valence-electron chi connectivity index (χ1n) is 4.47.